The van der Waals surface area contributed by atoms with E-state index in [1.807, 2.05) is 6.92 Å². The number of esters is 1. The first kappa shape index (κ1) is 21.0. The number of rotatable bonds is 9. The third-order valence-electron chi connectivity index (χ3n) is 3.85. The standard InChI is InChI=1S/C21H23NO6/c1-4-27-17-10-8-15(9-11-17)20(24)14(2)28-19(23)13-22-21(25)16-6-5-7-18(12-16)26-3/h5-12,14H,4,13H2,1-3H3,(H,22,25)/t14-/m0/s1. The molecule has 2 aromatic carbocycles. The summed E-state index contributed by atoms with van der Waals surface area (Å²) >= 11 is 0. The van der Waals surface area contributed by atoms with Gasteiger partial charge in [-0.1, -0.05) is 6.07 Å². The minimum atomic E-state index is -0.973. The van der Waals surface area contributed by atoms with Gasteiger partial charge >= 0.3 is 5.97 Å². The van der Waals surface area contributed by atoms with Crippen molar-refractivity contribution in [1.82, 2.24) is 5.32 Å². The molecule has 0 radical (unpaired) electrons. The van der Waals surface area contributed by atoms with Crippen LogP contribution in [0, 0.1) is 0 Å². The highest BCUT2D eigenvalue weighted by Crippen LogP contribution is 2.15. The Bertz CT molecular complexity index is 831. The third-order valence-corrected chi connectivity index (χ3v) is 3.85. The number of methoxy groups -OCH3 is 1. The molecule has 2 rings (SSSR count). The molecule has 7 heteroatoms. The van der Waals surface area contributed by atoms with Crippen molar-refractivity contribution in [3.05, 3.63) is 59.7 Å². The fourth-order valence-corrected chi connectivity index (χ4v) is 2.43. The zero-order chi connectivity index (χ0) is 20.5. The van der Waals surface area contributed by atoms with Gasteiger partial charge in [-0.3, -0.25) is 14.4 Å². The number of carbonyl (C=O) groups is 3. The monoisotopic (exact) mass is 385 g/mol. The maximum absolute atomic E-state index is 12.4. The lowest BCUT2D eigenvalue weighted by molar-refractivity contribution is -0.145. The molecule has 0 aromatic heterocycles. The first-order chi connectivity index (χ1) is 13.4. The molecule has 1 atom stereocenters. The Morgan fingerprint density at radius 2 is 1.71 bits per heavy atom. The van der Waals surface area contributed by atoms with Gasteiger partial charge in [0.05, 0.1) is 13.7 Å². The lowest BCUT2D eigenvalue weighted by Crippen LogP contribution is -2.34. The Hall–Kier alpha value is -3.35. The molecule has 0 spiro atoms. The molecule has 28 heavy (non-hydrogen) atoms. The predicted molar refractivity (Wildman–Crippen MR) is 103 cm³/mol. The van der Waals surface area contributed by atoms with E-state index in [2.05, 4.69) is 5.32 Å². The molecule has 0 saturated heterocycles. The van der Waals surface area contributed by atoms with E-state index in [-0.39, 0.29) is 12.3 Å². The van der Waals surface area contributed by atoms with Gasteiger partial charge in [-0.25, -0.2) is 0 Å². The van der Waals surface area contributed by atoms with Crippen molar-refractivity contribution in [3.63, 3.8) is 0 Å². The van der Waals surface area contributed by atoms with Crippen molar-refractivity contribution < 1.29 is 28.6 Å². The van der Waals surface area contributed by atoms with Gasteiger partial charge in [0.25, 0.3) is 5.91 Å². The summed E-state index contributed by atoms with van der Waals surface area (Å²) < 4.78 is 15.5. The Morgan fingerprint density at radius 3 is 2.36 bits per heavy atom. The lowest BCUT2D eigenvalue weighted by atomic mass is 10.1. The van der Waals surface area contributed by atoms with Crippen LogP contribution in [0.4, 0.5) is 0 Å². The molecule has 0 aliphatic heterocycles. The second-order valence-electron chi connectivity index (χ2n) is 5.87. The second-order valence-corrected chi connectivity index (χ2v) is 5.87. The van der Waals surface area contributed by atoms with Crippen LogP contribution < -0.4 is 14.8 Å². The minimum absolute atomic E-state index is 0.337. The van der Waals surface area contributed by atoms with Gasteiger partial charge in [-0.15, -0.1) is 0 Å². The average molecular weight is 385 g/mol. The Morgan fingerprint density at radius 1 is 1.00 bits per heavy atom. The molecule has 0 bridgehead atoms. The molecule has 1 amide bonds. The van der Waals surface area contributed by atoms with E-state index in [4.69, 9.17) is 14.2 Å². The number of nitrogens with one attached hydrogen (secondary N) is 1. The fourth-order valence-electron chi connectivity index (χ4n) is 2.43. The number of Topliss-reactive ketones (excluding diaryl/α,β-unsaturated/α-hetero) is 1. The fraction of sp³-hybridized carbons (Fsp3) is 0.286. The van der Waals surface area contributed by atoms with Crippen molar-refractivity contribution in [2.45, 2.75) is 20.0 Å². The molecule has 1 N–H and O–H groups in total. The number of hydrogen-bond acceptors (Lipinski definition) is 6. The van der Waals surface area contributed by atoms with Gasteiger partial charge in [0.15, 0.2) is 6.10 Å². The zero-order valence-corrected chi connectivity index (χ0v) is 16.1. The van der Waals surface area contributed by atoms with Crippen LogP contribution in [0.3, 0.4) is 0 Å². The van der Waals surface area contributed by atoms with Crippen molar-refractivity contribution in [2.75, 3.05) is 20.3 Å². The molecule has 0 heterocycles. The molecule has 0 aliphatic rings. The molecule has 148 valence electrons. The first-order valence-corrected chi connectivity index (χ1v) is 8.83. The Kier molecular flexibility index (Phi) is 7.56. The average Bonchev–Trinajstić information content (AvgIpc) is 2.72. The van der Waals surface area contributed by atoms with Gasteiger partial charge in [0, 0.05) is 11.1 Å². The summed E-state index contributed by atoms with van der Waals surface area (Å²) in [7, 11) is 1.50. The van der Waals surface area contributed by atoms with E-state index in [0.717, 1.165) is 0 Å². The van der Waals surface area contributed by atoms with Crippen LogP contribution in [-0.2, 0) is 9.53 Å². The molecule has 0 unspecified atom stereocenters. The van der Waals surface area contributed by atoms with Crippen molar-refractivity contribution in [1.29, 1.82) is 0 Å². The molecule has 0 saturated carbocycles. The summed E-state index contributed by atoms with van der Waals surface area (Å²) in [6, 6.07) is 13.1. The zero-order valence-electron chi connectivity index (χ0n) is 16.1. The summed E-state index contributed by atoms with van der Waals surface area (Å²) in [4.78, 5) is 36.4. The van der Waals surface area contributed by atoms with Crippen LogP contribution in [0.25, 0.3) is 0 Å². The van der Waals surface area contributed by atoms with Gasteiger partial charge in [0.1, 0.15) is 18.0 Å². The van der Waals surface area contributed by atoms with E-state index >= 15 is 0 Å². The number of amides is 1. The Balaban J connectivity index is 1.85. The third kappa shape index (κ3) is 5.84. The number of benzene rings is 2. The first-order valence-electron chi connectivity index (χ1n) is 8.83. The molecule has 0 fully saturated rings. The molecule has 0 aliphatic carbocycles. The quantitative estimate of drug-likeness (QED) is 0.527. The highest BCUT2D eigenvalue weighted by Gasteiger charge is 2.20. The minimum Gasteiger partial charge on any atom is -0.497 e. The van der Waals surface area contributed by atoms with E-state index in [0.29, 0.717) is 29.2 Å². The molecular weight excluding hydrogens is 362 g/mol. The largest absolute Gasteiger partial charge is 0.497 e. The van der Waals surface area contributed by atoms with Crippen LogP contribution in [0.1, 0.15) is 34.6 Å². The normalized spacial score (nSPS) is 11.2. The maximum Gasteiger partial charge on any atom is 0.326 e. The highest BCUT2D eigenvalue weighted by molar-refractivity contribution is 6.00. The molecular formula is C21H23NO6. The van der Waals surface area contributed by atoms with Gasteiger partial charge in [-0.05, 0) is 56.3 Å². The summed E-state index contributed by atoms with van der Waals surface area (Å²) in [5.41, 5.74) is 0.759. The molecule has 7 nitrogen and oxygen atoms in total. The lowest BCUT2D eigenvalue weighted by Gasteiger charge is -2.13. The summed E-state index contributed by atoms with van der Waals surface area (Å²) in [5, 5.41) is 2.46. The van der Waals surface area contributed by atoms with E-state index in [1.165, 1.54) is 14.0 Å². The second kappa shape index (κ2) is 10.1. The topological polar surface area (TPSA) is 90.9 Å². The number of ketones is 1. The summed E-state index contributed by atoms with van der Waals surface area (Å²) in [5.74, 6) is -0.298. The van der Waals surface area contributed by atoms with E-state index in [1.54, 1.807) is 48.5 Å². The van der Waals surface area contributed by atoms with Gasteiger partial charge in [-0.2, -0.15) is 0 Å². The van der Waals surface area contributed by atoms with Crippen LogP contribution >= 0.6 is 0 Å². The number of ether oxygens (including phenoxy) is 3. The SMILES string of the molecule is CCOc1ccc(C(=O)[C@H](C)OC(=O)CNC(=O)c2cccc(OC)c2)cc1. The van der Waals surface area contributed by atoms with Crippen LogP contribution in [0.15, 0.2) is 48.5 Å². The van der Waals surface area contributed by atoms with Crippen LogP contribution in [0.5, 0.6) is 11.5 Å². The summed E-state index contributed by atoms with van der Waals surface area (Å²) in [6.45, 7) is 3.54. The smallest absolute Gasteiger partial charge is 0.326 e. The highest BCUT2D eigenvalue weighted by atomic mass is 16.5. The van der Waals surface area contributed by atoms with Gasteiger partial charge < -0.3 is 19.5 Å². The van der Waals surface area contributed by atoms with E-state index in [9.17, 15) is 14.4 Å². The van der Waals surface area contributed by atoms with Crippen molar-refractivity contribution >= 4 is 17.7 Å². The Labute approximate surface area is 163 Å². The summed E-state index contributed by atoms with van der Waals surface area (Å²) in [6.07, 6.45) is -0.973. The van der Waals surface area contributed by atoms with E-state index < -0.39 is 18.0 Å². The number of hydrogen-bond donors (Lipinski definition) is 1. The van der Waals surface area contributed by atoms with Crippen molar-refractivity contribution in [2.24, 2.45) is 0 Å². The van der Waals surface area contributed by atoms with Gasteiger partial charge in [0.2, 0.25) is 5.78 Å². The number of carbonyl (C=O) groups excluding carboxylic acids is 3. The van der Waals surface area contributed by atoms with Crippen LogP contribution in [0.2, 0.25) is 0 Å². The molecule has 2 aromatic rings. The van der Waals surface area contributed by atoms with Crippen LogP contribution in [-0.4, -0.2) is 44.0 Å². The van der Waals surface area contributed by atoms with Crippen molar-refractivity contribution in [3.8, 4) is 11.5 Å². The maximum atomic E-state index is 12.4. The predicted octanol–water partition coefficient (Wildman–Crippen LogP) is 2.64.